The van der Waals surface area contributed by atoms with Crippen LogP contribution in [0.1, 0.15) is 13.3 Å². The van der Waals surface area contributed by atoms with Gasteiger partial charge in [-0.05, 0) is 31.5 Å². The van der Waals surface area contributed by atoms with Gasteiger partial charge in [-0.3, -0.25) is 4.79 Å². The fraction of sp³-hybridized carbons (Fsp3) is 0.462. The first-order valence-electron chi connectivity index (χ1n) is 6.19. The van der Waals surface area contributed by atoms with Crippen LogP contribution in [-0.2, 0) is 4.79 Å². The zero-order chi connectivity index (χ0) is 14.0. The summed E-state index contributed by atoms with van der Waals surface area (Å²) in [4.78, 5) is 13.7. The van der Waals surface area contributed by atoms with Gasteiger partial charge in [0, 0.05) is 12.3 Å². The number of rotatable bonds is 4. The van der Waals surface area contributed by atoms with Crippen molar-refractivity contribution in [1.29, 1.82) is 0 Å². The molecule has 1 aromatic carbocycles. The highest BCUT2D eigenvalue weighted by molar-refractivity contribution is 6.00. The number of benzene rings is 1. The highest BCUT2D eigenvalue weighted by Gasteiger charge is 2.35. The average Bonchev–Trinajstić information content (AvgIpc) is 2.39. The summed E-state index contributed by atoms with van der Waals surface area (Å²) >= 11 is 0. The molecule has 0 fully saturated rings. The number of hydrogen-bond donors (Lipinski definition) is 3. The Hall–Kier alpha value is -1.79. The summed E-state index contributed by atoms with van der Waals surface area (Å²) in [5.41, 5.74) is 6.78. The molecule has 0 radical (unpaired) electrons. The van der Waals surface area contributed by atoms with Crippen molar-refractivity contribution < 1.29 is 19.7 Å². The highest BCUT2D eigenvalue weighted by atomic mass is 16.5. The van der Waals surface area contributed by atoms with Gasteiger partial charge in [-0.2, -0.15) is 0 Å². The van der Waals surface area contributed by atoms with E-state index in [-0.39, 0.29) is 19.1 Å². The largest absolute Gasteiger partial charge is 0.479 e. The zero-order valence-corrected chi connectivity index (χ0v) is 10.7. The molecule has 4 N–H and O–H groups in total. The van der Waals surface area contributed by atoms with E-state index in [0.717, 1.165) is 0 Å². The van der Waals surface area contributed by atoms with Crippen molar-refractivity contribution in [2.24, 2.45) is 0 Å². The number of anilines is 2. The van der Waals surface area contributed by atoms with Gasteiger partial charge in [0.15, 0.2) is 6.10 Å². The maximum absolute atomic E-state index is 12.2. The van der Waals surface area contributed by atoms with Gasteiger partial charge >= 0.3 is 0 Å². The smallest absolute Gasteiger partial charge is 0.268 e. The third-order valence-electron chi connectivity index (χ3n) is 3.17. The van der Waals surface area contributed by atoms with Crippen molar-refractivity contribution in [3.63, 3.8) is 0 Å². The number of nitrogens with two attached hydrogens (primary N) is 1. The van der Waals surface area contributed by atoms with Crippen LogP contribution in [0.25, 0.3) is 0 Å². The molecular weight excluding hydrogens is 248 g/mol. The summed E-state index contributed by atoms with van der Waals surface area (Å²) in [5.74, 6) is 0.309. The molecule has 0 saturated carbocycles. The lowest BCUT2D eigenvalue weighted by Gasteiger charge is -2.37. The third kappa shape index (κ3) is 2.50. The zero-order valence-electron chi connectivity index (χ0n) is 10.7. The molecule has 1 aliphatic heterocycles. The number of aliphatic hydroxyl groups is 2. The second kappa shape index (κ2) is 5.46. The molecule has 2 atom stereocenters. The summed E-state index contributed by atoms with van der Waals surface area (Å²) in [6.07, 6.45) is -0.327. The van der Waals surface area contributed by atoms with Crippen LogP contribution in [0.15, 0.2) is 18.2 Å². The molecule has 104 valence electrons. The van der Waals surface area contributed by atoms with E-state index in [9.17, 15) is 9.90 Å². The average molecular weight is 266 g/mol. The lowest BCUT2D eigenvalue weighted by Crippen LogP contribution is -2.51. The van der Waals surface area contributed by atoms with Gasteiger partial charge in [-0.25, -0.2) is 0 Å². The topological polar surface area (TPSA) is 96.0 Å². The quantitative estimate of drug-likeness (QED) is 0.673. The van der Waals surface area contributed by atoms with Gasteiger partial charge in [0.25, 0.3) is 5.91 Å². The minimum absolute atomic E-state index is 0.109. The van der Waals surface area contributed by atoms with E-state index in [4.69, 9.17) is 15.6 Å². The van der Waals surface area contributed by atoms with Crippen LogP contribution in [0.5, 0.6) is 5.75 Å². The van der Waals surface area contributed by atoms with E-state index in [1.54, 1.807) is 25.1 Å². The number of amides is 1. The monoisotopic (exact) mass is 266 g/mol. The Kier molecular flexibility index (Phi) is 3.92. The highest BCUT2D eigenvalue weighted by Crippen LogP contribution is 2.37. The Bertz CT molecular complexity index is 478. The molecule has 2 rings (SSSR count). The number of fused-ring (bicyclic) bond motifs is 1. The van der Waals surface area contributed by atoms with Gasteiger partial charge in [-0.15, -0.1) is 0 Å². The fourth-order valence-electron chi connectivity index (χ4n) is 2.21. The fourth-order valence-corrected chi connectivity index (χ4v) is 2.21. The van der Waals surface area contributed by atoms with Crippen LogP contribution in [0.2, 0.25) is 0 Å². The van der Waals surface area contributed by atoms with E-state index >= 15 is 0 Å². The molecule has 0 aromatic heterocycles. The Morgan fingerprint density at radius 2 is 2.21 bits per heavy atom. The molecule has 0 bridgehead atoms. The van der Waals surface area contributed by atoms with Gasteiger partial charge in [0.1, 0.15) is 5.75 Å². The molecule has 19 heavy (non-hydrogen) atoms. The molecule has 0 saturated heterocycles. The van der Waals surface area contributed by atoms with E-state index in [1.165, 1.54) is 4.90 Å². The summed E-state index contributed by atoms with van der Waals surface area (Å²) in [6, 6.07) is 4.55. The Balaban J connectivity index is 2.45. The molecule has 0 spiro atoms. The molecular formula is C13H18N2O4. The van der Waals surface area contributed by atoms with Gasteiger partial charge < -0.3 is 25.6 Å². The lowest BCUT2D eigenvalue weighted by atomic mass is 10.1. The second-order valence-corrected chi connectivity index (χ2v) is 4.54. The molecule has 1 aromatic rings. The molecule has 6 nitrogen and oxygen atoms in total. The van der Waals surface area contributed by atoms with E-state index in [1.807, 2.05) is 0 Å². The van der Waals surface area contributed by atoms with Crippen molar-refractivity contribution in [3.8, 4) is 5.75 Å². The van der Waals surface area contributed by atoms with Crippen LogP contribution < -0.4 is 15.4 Å². The predicted molar refractivity (Wildman–Crippen MR) is 71.0 cm³/mol. The summed E-state index contributed by atoms with van der Waals surface area (Å²) in [7, 11) is 0. The van der Waals surface area contributed by atoms with Crippen LogP contribution in [0, 0.1) is 0 Å². The molecule has 6 heteroatoms. The van der Waals surface area contributed by atoms with Gasteiger partial charge in [-0.1, -0.05) is 0 Å². The molecule has 0 aliphatic carbocycles. The minimum atomic E-state index is -0.621. The molecule has 2 unspecified atom stereocenters. The number of nitrogen functional groups attached to an aromatic ring is 1. The summed E-state index contributed by atoms with van der Waals surface area (Å²) in [6.45, 7) is 1.32. The van der Waals surface area contributed by atoms with Crippen molar-refractivity contribution in [1.82, 2.24) is 0 Å². The van der Waals surface area contributed by atoms with E-state index < -0.39 is 12.1 Å². The maximum Gasteiger partial charge on any atom is 0.268 e. The number of carbonyl (C=O) groups excluding carboxylic acids is 1. The van der Waals surface area contributed by atoms with Gasteiger partial charge in [0.05, 0.1) is 18.3 Å². The lowest BCUT2D eigenvalue weighted by molar-refractivity contribution is -0.126. The maximum atomic E-state index is 12.2. The SMILES string of the molecule is CC1Oc2ccc(N)cc2N(C(CO)CCO)C1=O. The van der Waals surface area contributed by atoms with Crippen LogP contribution >= 0.6 is 0 Å². The normalized spacial score (nSPS) is 19.8. The van der Waals surface area contributed by atoms with Crippen LogP contribution in [0.3, 0.4) is 0 Å². The predicted octanol–water partition coefficient (Wildman–Crippen LogP) is 0.126. The Morgan fingerprint density at radius 3 is 2.84 bits per heavy atom. The first-order valence-corrected chi connectivity index (χ1v) is 6.19. The second-order valence-electron chi connectivity index (χ2n) is 4.54. The molecule has 1 heterocycles. The number of ether oxygens (including phenoxy) is 1. The number of aliphatic hydroxyl groups excluding tert-OH is 2. The minimum Gasteiger partial charge on any atom is -0.479 e. The number of carbonyl (C=O) groups is 1. The Morgan fingerprint density at radius 1 is 1.47 bits per heavy atom. The standard InChI is InChI=1S/C13H18N2O4/c1-8-13(18)15(10(7-17)4-5-16)11-6-9(14)2-3-12(11)19-8/h2-3,6,8,10,16-17H,4-5,7,14H2,1H3. The van der Waals surface area contributed by atoms with Crippen molar-refractivity contribution in [2.45, 2.75) is 25.5 Å². The van der Waals surface area contributed by atoms with Crippen molar-refractivity contribution in [3.05, 3.63) is 18.2 Å². The first kappa shape index (κ1) is 13.6. The molecule has 1 amide bonds. The van der Waals surface area contributed by atoms with Crippen LogP contribution in [-0.4, -0.2) is 41.5 Å². The number of nitrogens with zero attached hydrogens (tertiary/aromatic N) is 1. The summed E-state index contributed by atoms with van der Waals surface area (Å²) < 4.78 is 5.51. The van der Waals surface area contributed by atoms with E-state index in [2.05, 4.69) is 0 Å². The number of hydrogen-bond acceptors (Lipinski definition) is 5. The van der Waals surface area contributed by atoms with Crippen LogP contribution in [0.4, 0.5) is 11.4 Å². The third-order valence-corrected chi connectivity index (χ3v) is 3.17. The molecule has 1 aliphatic rings. The van der Waals surface area contributed by atoms with Gasteiger partial charge in [0.2, 0.25) is 0 Å². The first-order chi connectivity index (χ1) is 9.08. The van der Waals surface area contributed by atoms with Crippen molar-refractivity contribution >= 4 is 17.3 Å². The van der Waals surface area contributed by atoms with E-state index in [0.29, 0.717) is 23.5 Å². The Labute approximate surface area is 111 Å². The van der Waals surface area contributed by atoms with Crippen molar-refractivity contribution in [2.75, 3.05) is 23.8 Å². The summed E-state index contributed by atoms with van der Waals surface area (Å²) in [5, 5.41) is 18.5.